The first-order chi connectivity index (χ1) is 1.00. The van der Waals surface area contributed by atoms with Gasteiger partial charge in [-0.25, -0.2) is 0 Å². The van der Waals surface area contributed by atoms with Crippen LogP contribution in [0.25, 0.3) is 0 Å². The maximum absolute atomic E-state index is 4.33. The van der Waals surface area contributed by atoms with Crippen LogP contribution < -0.4 is 0 Å². The molecule has 0 nitrogen and oxygen atoms in total. The molecule has 1 radical (unpaired) electrons. The van der Waals surface area contributed by atoms with Crippen molar-refractivity contribution in [2.75, 3.05) is 0 Å². The molecule has 4 heteroatoms. The van der Waals surface area contributed by atoms with E-state index in [-0.39, 0.29) is 34.4 Å². The van der Waals surface area contributed by atoms with Crippen LogP contribution in [0.2, 0.25) is 0 Å². The van der Waals surface area contributed by atoms with E-state index in [0.29, 0.717) is 0 Å². The van der Waals surface area contributed by atoms with E-state index in [1.54, 1.807) is 0 Å². The zero-order chi connectivity index (χ0) is 2.00. The van der Waals surface area contributed by atoms with Crippen molar-refractivity contribution in [3.8, 4) is 0 Å². The fourth-order valence-electron chi connectivity index (χ4n) is 0. The first kappa shape index (κ1) is 17.1. The number of hydrogen-bond donors (Lipinski definition) is 0. The third-order valence-electron chi connectivity index (χ3n) is 0. The topological polar surface area (TPSA) is 0 Å². The van der Waals surface area contributed by atoms with E-state index in [1.807, 2.05) is 0 Å². The normalized spacial score (nSPS) is 2.50. The summed E-state index contributed by atoms with van der Waals surface area (Å²) in [4.78, 5) is 0. The number of hydrogen-bond acceptors (Lipinski definition) is 0. The molecule has 4 heavy (non-hydrogen) atoms. The third kappa shape index (κ3) is 9.21. The van der Waals surface area contributed by atoms with E-state index in [4.69, 9.17) is 0 Å². The molecule has 0 aliphatic heterocycles. The van der Waals surface area contributed by atoms with Gasteiger partial charge < -0.3 is 0 Å². The van der Waals surface area contributed by atoms with Crippen LogP contribution in [0.1, 0.15) is 0 Å². The summed E-state index contributed by atoms with van der Waals surface area (Å²) in [5.74, 6) is 0. The van der Waals surface area contributed by atoms with Gasteiger partial charge in [0.15, 0.2) is 17.4 Å². The summed E-state index contributed by atoms with van der Waals surface area (Å²) in [5.41, 5.74) is 0. The Morgan fingerprint density at radius 3 is 1.25 bits per heavy atom. The Balaban J connectivity index is -0.00000000500. The van der Waals surface area contributed by atoms with Crippen LogP contribution in [0.15, 0.2) is 0 Å². The van der Waals surface area contributed by atoms with Crippen LogP contribution in [0.5, 0.6) is 0 Å². The summed E-state index contributed by atoms with van der Waals surface area (Å²) < 4.78 is 0. The van der Waals surface area contributed by atoms with Crippen molar-refractivity contribution in [1.29, 1.82) is 0 Å². The average Bonchev–Trinajstić information content (AvgIpc) is 1.00. The first-order valence-corrected chi connectivity index (χ1v) is 3.73. The molecule has 0 rings (SSSR count). The van der Waals surface area contributed by atoms with Gasteiger partial charge >= 0.3 is 24.2 Å². The van der Waals surface area contributed by atoms with Gasteiger partial charge in [0.1, 0.15) is 0 Å². The van der Waals surface area contributed by atoms with Crippen molar-refractivity contribution in [2.45, 2.75) is 0 Å². The van der Waals surface area contributed by atoms with Gasteiger partial charge in [-0.3, -0.25) is 0 Å². The molecular formula is H6AlCu2Si. The Morgan fingerprint density at radius 2 is 1.25 bits per heavy atom. The molecule has 0 N–H and O–H groups in total. The van der Waals surface area contributed by atoms with Crippen LogP contribution in [-0.4, -0.2) is 26.2 Å². The standard InChI is InChI=1S/Al.2Cu.H3Si.3H/h;;;1H3;;;. The Hall–Kier alpha value is 1.79. The van der Waals surface area contributed by atoms with Gasteiger partial charge in [0.05, 0.1) is 0 Å². The molecule has 35 valence electrons. The second-order valence-corrected chi connectivity index (χ2v) is 0. The van der Waals surface area contributed by atoms with E-state index >= 15 is 0 Å². The van der Waals surface area contributed by atoms with Crippen LogP contribution >= 0.6 is 0 Å². The van der Waals surface area contributed by atoms with Gasteiger partial charge in [-0.05, 0) is 0 Å². The number of rotatable bonds is 0. The molecule has 0 aromatic rings. The summed E-state index contributed by atoms with van der Waals surface area (Å²) >= 11 is 4.33. The molecule has 0 aliphatic rings. The van der Waals surface area contributed by atoms with Gasteiger partial charge in [-0.1, -0.05) is 0 Å². The molecule has 0 heterocycles. The summed E-state index contributed by atoms with van der Waals surface area (Å²) in [5, 5.41) is 0. The monoisotopic (exact) mass is 187 g/mol. The zero-order valence-electron chi connectivity index (χ0n) is 1.60. The van der Waals surface area contributed by atoms with Crippen molar-refractivity contribution >= 4 is 26.2 Å². The fraction of sp³-hybridized carbons (Fsp3) is 0. The van der Waals surface area contributed by atoms with E-state index in [2.05, 4.69) is 15.4 Å². The van der Waals surface area contributed by atoms with Crippen molar-refractivity contribution in [2.24, 2.45) is 0 Å². The summed E-state index contributed by atoms with van der Waals surface area (Å²) in [7, 11) is 0.868. The summed E-state index contributed by atoms with van der Waals surface area (Å²) in [6, 6.07) is 0. The van der Waals surface area contributed by atoms with Crippen LogP contribution in [0.4, 0.5) is 0 Å². The minimum atomic E-state index is 0. The van der Waals surface area contributed by atoms with Gasteiger partial charge in [0.25, 0.3) is 0 Å². The van der Waals surface area contributed by atoms with Crippen molar-refractivity contribution in [3.05, 3.63) is 0 Å². The Bertz CT molecular complexity index is 6.00. The minimum absolute atomic E-state index is 0. The van der Waals surface area contributed by atoms with E-state index < -0.39 is 0 Å². The molecule has 0 aromatic heterocycles. The Morgan fingerprint density at radius 1 is 1.25 bits per heavy atom. The zero-order valence-corrected chi connectivity index (χ0v) is 5.49. The SMILES string of the molecule is [AlH3].[Cu].[SiH3][Cu]. The van der Waals surface area contributed by atoms with Crippen LogP contribution in [0, 0.1) is 0 Å². The first-order valence-electron chi connectivity index (χ1n) is 0.302. The molecule has 0 amide bonds. The van der Waals surface area contributed by atoms with Gasteiger partial charge in [0, 0.05) is 17.1 Å². The van der Waals surface area contributed by atoms with Crippen LogP contribution in [-0.2, 0) is 32.4 Å². The fourth-order valence-corrected chi connectivity index (χ4v) is 0. The molecule has 0 saturated carbocycles. The average molecular weight is 188 g/mol. The molecule has 0 unspecified atom stereocenters. The van der Waals surface area contributed by atoms with Crippen molar-refractivity contribution in [1.82, 2.24) is 0 Å². The summed E-state index contributed by atoms with van der Waals surface area (Å²) in [6.45, 7) is 0. The van der Waals surface area contributed by atoms with E-state index in [0.717, 1.165) is 8.85 Å². The Kier molecular flexibility index (Phi) is 91.7. The van der Waals surface area contributed by atoms with Crippen LogP contribution in [0.3, 0.4) is 0 Å². The molecule has 0 aromatic carbocycles. The Labute approximate surface area is 58.4 Å². The van der Waals surface area contributed by atoms with Gasteiger partial charge in [-0.2, -0.15) is 0 Å². The van der Waals surface area contributed by atoms with Gasteiger partial charge in [-0.15, -0.1) is 0 Å². The van der Waals surface area contributed by atoms with E-state index in [1.165, 1.54) is 0 Å². The second kappa shape index (κ2) is 21.5. The van der Waals surface area contributed by atoms with Crippen molar-refractivity contribution < 1.29 is 32.4 Å². The molecule has 0 spiro atoms. The predicted octanol–water partition coefficient (Wildman–Crippen LogP) is -2.37. The molecule has 0 bridgehead atoms. The van der Waals surface area contributed by atoms with E-state index in [9.17, 15) is 0 Å². The van der Waals surface area contributed by atoms with Crippen molar-refractivity contribution in [3.63, 3.8) is 0 Å². The molecule has 0 atom stereocenters. The van der Waals surface area contributed by atoms with Gasteiger partial charge in [0.2, 0.25) is 0 Å². The quantitative estimate of drug-likeness (QED) is 0.373. The molecule has 0 fully saturated rings. The second-order valence-electron chi connectivity index (χ2n) is 0. The molecule has 0 saturated heterocycles. The third-order valence-corrected chi connectivity index (χ3v) is 0. The molecule has 0 aliphatic carbocycles. The molecular weight excluding hydrogens is 182 g/mol. The summed E-state index contributed by atoms with van der Waals surface area (Å²) in [6.07, 6.45) is 0. The predicted molar refractivity (Wildman–Crippen MR) is 19.9 cm³/mol. The maximum atomic E-state index is 4.33.